The first kappa shape index (κ1) is 15.0. The summed E-state index contributed by atoms with van der Waals surface area (Å²) < 4.78 is 0. The Kier molecular flexibility index (Phi) is 4.94. The molecule has 0 saturated carbocycles. The van der Waals surface area contributed by atoms with Gasteiger partial charge < -0.3 is 5.11 Å². The summed E-state index contributed by atoms with van der Waals surface area (Å²) in [5, 5.41) is 8.85. The van der Waals surface area contributed by atoms with Crippen molar-refractivity contribution in [2.75, 3.05) is 0 Å². The molecule has 108 valence electrons. The molecule has 2 aromatic rings. The van der Waals surface area contributed by atoms with Gasteiger partial charge in [-0.15, -0.1) is 0 Å². The minimum atomic E-state index is -0.897. The molecule has 0 atom stereocenters. The van der Waals surface area contributed by atoms with Crippen molar-refractivity contribution in [3.05, 3.63) is 70.8 Å². The van der Waals surface area contributed by atoms with E-state index in [1.54, 1.807) is 12.1 Å². The summed E-state index contributed by atoms with van der Waals surface area (Å²) >= 11 is 0. The topological polar surface area (TPSA) is 37.3 Å². The van der Waals surface area contributed by atoms with Gasteiger partial charge in [-0.05, 0) is 41.2 Å². The molecule has 0 spiro atoms. The molecule has 0 radical (unpaired) electrons. The van der Waals surface area contributed by atoms with E-state index in [2.05, 4.69) is 38.1 Å². The molecule has 0 aliphatic heterocycles. The van der Waals surface area contributed by atoms with Crippen molar-refractivity contribution < 1.29 is 9.90 Å². The molecule has 0 amide bonds. The number of carbonyl (C=O) groups is 1. The second kappa shape index (κ2) is 6.89. The summed E-state index contributed by atoms with van der Waals surface area (Å²) in [6, 6.07) is 15.4. The lowest BCUT2D eigenvalue weighted by Gasteiger charge is -2.04. The van der Waals surface area contributed by atoms with Crippen LogP contribution in [0, 0.1) is 5.92 Å². The molecule has 2 rings (SSSR count). The van der Waals surface area contributed by atoms with E-state index in [4.69, 9.17) is 5.11 Å². The Labute approximate surface area is 125 Å². The quantitative estimate of drug-likeness (QED) is 0.802. The monoisotopic (exact) mass is 280 g/mol. The zero-order valence-electron chi connectivity index (χ0n) is 12.4. The first-order valence-corrected chi connectivity index (χ1v) is 7.15. The van der Waals surface area contributed by atoms with Crippen LogP contribution in [0.25, 0.3) is 12.2 Å². The van der Waals surface area contributed by atoms with Crippen LogP contribution in [0.1, 0.15) is 40.9 Å². The van der Waals surface area contributed by atoms with Crippen LogP contribution in [0.3, 0.4) is 0 Å². The van der Waals surface area contributed by atoms with Gasteiger partial charge in [0.2, 0.25) is 0 Å². The Hall–Kier alpha value is -2.35. The standard InChI is InChI=1S/C19H20O2/c1-14(2)13-17-7-5-15(6-8-17)3-4-16-9-11-18(12-10-16)19(20)21/h3-12,14H,13H2,1-2H3,(H,20,21)/b4-3+. The molecule has 0 aliphatic carbocycles. The molecular formula is C19H20O2. The molecule has 0 bridgehead atoms. The summed E-state index contributed by atoms with van der Waals surface area (Å²) in [4.78, 5) is 10.8. The fourth-order valence-corrected chi connectivity index (χ4v) is 2.17. The molecule has 21 heavy (non-hydrogen) atoms. The van der Waals surface area contributed by atoms with Crippen molar-refractivity contribution in [1.29, 1.82) is 0 Å². The average Bonchev–Trinajstić information content (AvgIpc) is 2.46. The lowest BCUT2D eigenvalue weighted by molar-refractivity contribution is 0.0697. The summed E-state index contributed by atoms with van der Waals surface area (Å²) in [6.45, 7) is 4.43. The second-order valence-corrected chi connectivity index (χ2v) is 5.60. The summed E-state index contributed by atoms with van der Waals surface area (Å²) in [6.07, 6.45) is 5.12. The Morgan fingerprint density at radius 1 is 0.952 bits per heavy atom. The third-order valence-corrected chi connectivity index (χ3v) is 3.25. The van der Waals surface area contributed by atoms with E-state index in [0.717, 1.165) is 17.5 Å². The third-order valence-electron chi connectivity index (χ3n) is 3.25. The van der Waals surface area contributed by atoms with Crippen LogP contribution >= 0.6 is 0 Å². The Morgan fingerprint density at radius 2 is 1.43 bits per heavy atom. The lowest BCUT2D eigenvalue weighted by Crippen LogP contribution is -1.94. The molecule has 0 aromatic heterocycles. The van der Waals surface area contributed by atoms with Gasteiger partial charge in [0.25, 0.3) is 0 Å². The summed E-state index contributed by atoms with van der Waals surface area (Å²) in [5.41, 5.74) is 3.80. The minimum absolute atomic E-state index is 0.310. The number of aromatic carboxylic acids is 1. The van der Waals surface area contributed by atoms with Crippen molar-refractivity contribution in [3.8, 4) is 0 Å². The van der Waals surface area contributed by atoms with E-state index in [1.807, 2.05) is 24.3 Å². The largest absolute Gasteiger partial charge is 0.478 e. The number of hydrogen-bond donors (Lipinski definition) is 1. The summed E-state index contributed by atoms with van der Waals surface area (Å²) in [7, 11) is 0. The maximum Gasteiger partial charge on any atom is 0.335 e. The van der Waals surface area contributed by atoms with Crippen LogP contribution in [0.5, 0.6) is 0 Å². The van der Waals surface area contributed by atoms with E-state index in [9.17, 15) is 4.79 Å². The minimum Gasteiger partial charge on any atom is -0.478 e. The number of hydrogen-bond acceptors (Lipinski definition) is 1. The first-order chi connectivity index (χ1) is 10.0. The number of carboxylic acid groups (broad SMARTS) is 1. The molecule has 0 aliphatic rings. The smallest absolute Gasteiger partial charge is 0.335 e. The van der Waals surface area contributed by atoms with Crippen molar-refractivity contribution in [3.63, 3.8) is 0 Å². The first-order valence-electron chi connectivity index (χ1n) is 7.15. The third kappa shape index (κ3) is 4.60. The normalized spacial score (nSPS) is 11.2. The van der Waals surface area contributed by atoms with Gasteiger partial charge in [0.1, 0.15) is 0 Å². The molecule has 0 unspecified atom stereocenters. The SMILES string of the molecule is CC(C)Cc1ccc(/C=C/c2ccc(C(=O)O)cc2)cc1. The molecule has 2 heteroatoms. The molecule has 0 saturated heterocycles. The van der Waals surface area contributed by atoms with E-state index in [1.165, 1.54) is 5.56 Å². The Morgan fingerprint density at radius 3 is 1.86 bits per heavy atom. The molecule has 0 heterocycles. The van der Waals surface area contributed by atoms with Crippen molar-refractivity contribution in [1.82, 2.24) is 0 Å². The van der Waals surface area contributed by atoms with Crippen molar-refractivity contribution in [2.45, 2.75) is 20.3 Å². The molecule has 2 aromatic carbocycles. The number of carboxylic acids is 1. The van der Waals surface area contributed by atoms with Crippen LogP contribution in [-0.4, -0.2) is 11.1 Å². The Balaban J connectivity index is 2.05. The van der Waals surface area contributed by atoms with Crippen LogP contribution < -0.4 is 0 Å². The highest BCUT2D eigenvalue weighted by atomic mass is 16.4. The second-order valence-electron chi connectivity index (χ2n) is 5.60. The van der Waals surface area contributed by atoms with Gasteiger partial charge in [-0.1, -0.05) is 62.4 Å². The van der Waals surface area contributed by atoms with Gasteiger partial charge in [-0.25, -0.2) is 4.79 Å². The highest BCUT2D eigenvalue weighted by Gasteiger charge is 2.00. The fraction of sp³-hybridized carbons (Fsp3) is 0.211. The molecule has 1 N–H and O–H groups in total. The van der Waals surface area contributed by atoms with E-state index < -0.39 is 5.97 Å². The maximum atomic E-state index is 10.8. The van der Waals surface area contributed by atoms with E-state index in [-0.39, 0.29) is 0 Å². The average molecular weight is 280 g/mol. The zero-order chi connectivity index (χ0) is 15.2. The van der Waals surface area contributed by atoms with Gasteiger partial charge in [-0.3, -0.25) is 0 Å². The van der Waals surface area contributed by atoms with Gasteiger partial charge in [0.05, 0.1) is 5.56 Å². The summed E-state index contributed by atoms with van der Waals surface area (Å²) in [5.74, 6) is -0.231. The fourth-order valence-electron chi connectivity index (χ4n) is 2.17. The predicted octanol–water partition coefficient (Wildman–Crippen LogP) is 4.75. The highest BCUT2D eigenvalue weighted by Crippen LogP contribution is 2.13. The lowest BCUT2D eigenvalue weighted by atomic mass is 10.0. The molecule has 0 fully saturated rings. The van der Waals surface area contributed by atoms with Gasteiger partial charge >= 0.3 is 5.97 Å². The Bertz CT molecular complexity index is 620. The van der Waals surface area contributed by atoms with Gasteiger partial charge in [0, 0.05) is 0 Å². The van der Waals surface area contributed by atoms with Crippen LogP contribution in [0.4, 0.5) is 0 Å². The number of rotatable bonds is 5. The maximum absolute atomic E-state index is 10.8. The van der Waals surface area contributed by atoms with Gasteiger partial charge in [-0.2, -0.15) is 0 Å². The molecule has 2 nitrogen and oxygen atoms in total. The number of benzene rings is 2. The van der Waals surface area contributed by atoms with E-state index in [0.29, 0.717) is 11.5 Å². The van der Waals surface area contributed by atoms with Gasteiger partial charge in [0.15, 0.2) is 0 Å². The van der Waals surface area contributed by atoms with Crippen molar-refractivity contribution >= 4 is 18.1 Å². The highest BCUT2D eigenvalue weighted by molar-refractivity contribution is 5.88. The predicted molar refractivity (Wildman–Crippen MR) is 87.3 cm³/mol. The van der Waals surface area contributed by atoms with E-state index >= 15 is 0 Å². The van der Waals surface area contributed by atoms with Crippen LogP contribution in [0.2, 0.25) is 0 Å². The van der Waals surface area contributed by atoms with Crippen LogP contribution in [-0.2, 0) is 6.42 Å². The van der Waals surface area contributed by atoms with Crippen LogP contribution in [0.15, 0.2) is 48.5 Å². The van der Waals surface area contributed by atoms with Crippen molar-refractivity contribution in [2.24, 2.45) is 5.92 Å². The molecular weight excluding hydrogens is 260 g/mol. The zero-order valence-corrected chi connectivity index (χ0v) is 12.4.